The molecule has 0 bridgehead atoms. The molecule has 0 atom stereocenters. The van der Waals surface area contributed by atoms with E-state index in [2.05, 4.69) is 5.32 Å². The van der Waals surface area contributed by atoms with Crippen LogP contribution in [-0.4, -0.2) is 28.9 Å². The molecule has 2 rings (SSSR count). The maximum atomic E-state index is 12.7. The summed E-state index contributed by atoms with van der Waals surface area (Å²) in [6.45, 7) is 0.442. The molecule has 0 aliphatic rings. The number of hydrogen-bond acceptors (Lipinski definition) is 6. The van der Waals surface area contributed by atoms with Gasteiger partial charge in [-0.05, 0) is 30.7 Å². The summed E-state index contributed by atoms with van der Waals surface area (Å²) < 4.78 is 18.1. The van der Waals surface area contributed by atoms with Gasteiger partial charge in [0, 0.05) is 18.7 Å². The van der Waals surface area contributed by atoms with Crippen LogP contribution >= 0.6 is 0 Å². The lowest BCUT2D eigenvalue weighted by Crippen LogP contribution is -2.25. The van der Waals surface area contributed by atoms with E-state index in [9.17, 15) is 29.4 Å². The van der Waals surface area contributed by atoms with Crippen LogP contribution in [0.2, 0.25) is 0 Å². The molecule has 0 spiro atoms. The van der Waals surface area contributed by atoms with Crippen LogP contribution in [0.3, 0.4) is 0 Å². The maximum Gasteiger partial charge on any atom is 0.277 e. The fraction of sp³-hybridized carbons (Fsp3) is 0.188. The molecule has 0 aromatic heterocycles. The molecule has 0 fully saturated rings. The van der Waals surface area contributed by atoms with Crippen molar-refractivity contribution < 1.29 is 23.8 Å². The number of rotatable bonds is 8. The number of nitrogens with one attached hydrogen (secondary N) is 1. The molecule has 0 heterocycles. The first-order chi connectivity index (χ1) is 12.4. The van der Waals surface area contributed by atoms with Crippen LogP contribution in [0.1, 0.15) is 16.8 Å². The minimum atomic E-state index is -0.805. The maximum absolute atomic E-state index is 12.7. The first kappa shape index (κ1) is 18.8. The van der Waals surface area contributed by atoms with Crippen LogP contribution in [0.25, 0.3) is 0 Å². The van der Waals surface area contributed by atoms with Crippen molar-refractivity contribution in [3.63, 3.8) is 0 Å². The number of ether oxygens (including phenoxy) is 1. The Morgan fingerprint density at radius 1 is 1.04 bits per heavy atom. The van der Waals surface area contributed by atoms with Gasteiger partial charge < -0.3 is 10.1 Å². The van der Waals surface area contributed by atoms with Crippen molar-refractivity contribution in [1.82, 2.24) is 5.32 Å². The lowest BCUT2D eigenvalue weighted by atomic mass is 10.1. The number of benzene rings is 2. The molecule has 0 aliphatic carbocycles. The fourth-order valence-corrected chi connectivity index (χ4v) is 2.03. The Hall–Kier alpha value is -3.56. The quantitative estimate of drug-likeness (QED) is 0.437. The number of halogens is 1. The molecule has 0 saturated carbocycles. The minimum Gasteiger partial charge on any atom is -0.494 e. The number of nitro groups is 2. The number of carbonyl (C=O) groups excluding carboxylic acids is 1. The summed E-state index contributed by atoms with van der Waals surface area (Å²) in [7, 11) is 0. The highest BCUT2D eigenvalue weighted by Crippen LogP contribution is 2.22. The van der Waals surface area contributed by atoms with Gasteiger partial charge in [-0.1, -0.05) is 0 Å². The molecule has 1 N–H and O–H groups in total. The molecule has 2 aromatic rings. The Bertz CT molecular complexity index is 793. The lowest BCUT2D eigenvalue weighted by molar-refractivity contribution is -0.394. The highest BCUT2D eigenvalue weighted by atomic mass is 19.1. The highest BCUT2D eigenvalue weighted by molar-refractivity contribution is 5.95. The van der Waals surface area contributed by atoms with Crippen molar-refractivity contribution in [2.24, 2.45) is 0 Å². The lowest BCUT2D eigenvalue weighted by Gasteiger charge is -2.07. The predicted octanol–water partition coefficient (Wildman–Crippen LogP) is 2.84. The van der Waals surface area contributed by atoms with Crippen LogP contribution in [0, 0.1) is 26.0 Å². The summed E-state index contributed by atoms with van der Waals surface area (Å²) >= 11 is 0. The number of nitrogens with zero attached hydrogens (tertiary/aromatic N) is 2. The Kier molecular flexibility index (Phi) is 6.15. The zero-order valence-electron chi connectivity index (χ0n) is 13.4. The first-order valence-corrected chi connectivity index (χ1v) is 7.47. The summed E-state index contributed by atoms with van der Waals surface area (Å²) in [6.07, 6.45) is 0.417. The van der Waals surface area contributed by atoms with E-state index in [1.54, 1.807) is 0 Å². The van der Waals surface area contributed by atoms with Gasteiger partial charge in [0.2, 0.25) is 0 Å². The summed E-state index contributed by atoms with van der Waals surface area (Å²) in [4.78, 5) is 32.0. The monoisotopic (exact) mass is 363 g/mol. The third-order valence-corrected chi connectivity index (χ3v) is 3.28. The number of carbonyl (C=O) groups is 1. The average Bonchev–Trinajstić information content (AvgIpc) is 2.62. The average molecular weight is 363 g/mol. The number of nitro benzene ring substituents is 2. The Balaban J connectivity index is 1.88. The molecule has 0 radical (unpaired) electrons. The van der Waals surface area contributed by atoms with Gasteiger partial charge in [-0.25, -0.2) is 4.39 Å². The molecule has 0 saturated heterocycles. The van der Waals surface area contributed by atoms with E-state index < -0.39 is 27.1 Å². The van der Waals surface area contributed by atoms with Crippen molar-refractivity contribution in [3.8, 4) is 5.75 Å². The largest absolute Gasteiger partial charge is 0.494 e. The summed E-state index contributed by atoms with van der Waals surface area (Å²) in [5.74, 6) is -0.568. The van der Waals surface area contributed by atoms with Gasteiger partial charge >= 0.3 is 0 Å². The Morgan fingerprint density at radius 2 is 1.62 bits per heavy atom. The standard InChI is InChI=1S/C16H14FN3O6/c17-12-2-4-15(5-3-12)26-7-1-6-18-16(21)11-8-13(19(22)23)10-14(9-11)20(24)25/h2-5,8-10H,1,6-7H2,(H,18,21). The van der Waals surface area contributed by atoms with Crippen molar-refractivity contribution in [2.45, 2.75) is 6.42 Å². The second-order valence-electron chi connectivity index (χ2n) is 5.16. The molecular weight excluding hydrogens is 349 g/mol. The first-order valence-electron chi connectivity index (χ1n) is 7.47. The minimum absolute atomic E-state index is 0.176. The van der Waals surface area contributed by atoms with Gasteiger partial charge in [0.15, 0.2) is 0 Å². The van der Waals surface area contributed by atoms with Crippen LogP contribution < -0.4 is 10.1 Å². The highest BCUT2D eigenvalue weighted by Gasteiger charge is 2.19. The summed E-state index contributed by atoms with van der Waals surface area (Å²) in [6, 6.07) is 8.17. The van der Waals surface area contributed by atoms with E-state index >= 15 is 0 Å². The van der Waals surface area contributed by atoms with Crippen LogP contribution in [0.4, 0.5) is 15.8 Å². The topological polar surface area (TPSA) is 125 Å². The van der Waals surface area contributed by atoms with E-state index in [0.717, 1.165) is 18.2 Å². The third-order valence-electron chi connectivity index (χ3n) is 3.28. The molecule has 0 aliphatic heterocycles. The second kappa shape index (κ2) is 8.51. The molecule has 136 valence electrons. The van der Waals surface area contributed by atoms with Crippen LogP contribution in [0.5, 0.6) is 5.75 Å². The van der Waals surface area contributed by atoms with E-state index in [4.69, 9.17) is 4.74 Å². The van der Waals surface area contributed by atoms with E-state index in [1.807, 2.05) is 0 Å². The van der Waals surface area contributed by atoms with Crippen LogP contribution in [-0.2, 0) is 0 Å². The Morgan fingerprint density at radius 3 is 2.15 bits per heavy atom. The predicted molar refractivity (Wildman–Crippen MR) is 88.6 cm³/mol. The molecule has 10 heteroatoms. The third kappa shape index (κ3) is 5.23. The Labute approximate surface area is 146 Å². The van der Waals surface area contributed by atoms with E-state index in [0.29, 0.717) is 12.2 Å². The normalized spacial score (nSPS) is 10.2. The number of amides is 1. The van der Waals surface area contributed by atoms with Gasteiger partial charge in [0.25, 0.3) is 17.3 Å². The molecular formula is C16H14FN3O6. The van der Waals surface area contributed by atoms with Crippen molar-refractivity contribution in [3.05, 3.63) is 74.1 Å². The van der Waals surface area contributed by atoms with E-state index in [1.165, 1.54) is 24.3 Å². The summed E-state index contributed by atoms with van der Waals surface area (Å²) in [5, 5.41) is 24.1. The SMILES string of the molecule is O=C(NCCCOc1ccc(F)cc1)c1cc([N+](=O)[O-])cc([N+](=O)[O-])c1. The number of hydrogen-bond donors (Lipinski definition) is 1. The zero-order valence-corrected chi connectivity index (χ0v) is 13.4. The molecule has 9 nitrogen and oxygen atoms in total. The van der Waals surface area contributed by atoms with Crippen molar-refractivity contribution in [1.29, 1.82) is 0 Å². The van der Waals surface area contributed by atoms with Gasteiger partial charge in [-0.15, -0.1) is 0 Å². The molecule has 2 aromatic carbocycles. The van der Waals surface area contributed by atoms with Gasteiger partial charge in [0.05, 0.1) is 28.1 Å². The van der Waals surface area contributed by atoms with Crippen molar-refractivity contribution >= 4 is 17.3 Å². The van der Waals surface area contributed by atoms with Gasteiger partial charge in [0.1, 0.15) is 11.6 Å². The van der Waals surface area contributed by atoms with E-state index in [-0.39, 0.29) is 24.5 Å². The molecule has 26 heavy (non-hydrogen) atoms. The van der Waals surface area contributed by atoms with Gasteiger partial charge in [-0.2, -0.15) is 0 Å². The van der Waals surface area contributed by atoms with Gasteiger partial charge in [-0.3, -0.25) is 25.0 Å². The van der Waals surface area contributed by atoms with Crippen LogP contribution in [0.15, 0.2) is 42.5 Å². The summed E-state index contributed by atoms with van der Waals surface area (Å²) in [5.41, 5.74) is -1.25. The smallest absolute Gasteiger partial charge is 0.277 e. The zero-order chi connectivity index (χ0) is 19.1. The number of non-ortho nitro benzene ring substituents is 2. The molecule has 0 unspecified atom stereocenters. The fourth-order valence-electron chi connectivity index (χ4n) is 2.03. The van der Waals surface area contributed by atoms with Crippen molar-refractivity contribution in [2.75, 3.05) is 13.2 Å². The molecule has 1 amide bonds. The second-order valence-corrected chi connectivity index (χ2v) is 5.16.